The van der Waals surface area contributed by atoms with Gasteiger partial charge in [0.15, 0.2) is 0 Å². The summed E-state index contributed by atoms with van der Waals surface area (Å²) in [4.78, 5) is 15.3. The van der Waals surface area contributed by atoms with Crippen molar-refractivity contribution in [2.24, 2.45) is 5.92 Å². The number of rotatable bonds is 8. The van der Waals surface area contributed by atoms with Crippen molar-refractivity contribution >= 4 is 39.1 Å². The normalized spacial score (nSPS) is 15.5. The first-order valence-corrected chi connectivity index (χ1v) is 13.4. The molecule has 0 bridgehead atoms. The van der Waals surface area contributed by atoms with Gasteiger partial charge in [-0.3, -0.25) is 9.52 Å². The average Bonchev–Trinajstić information content (AvgIpc) is 2.76. The fourth-order valence-electron chi connectivity index (χ4n) is 3.34. The molecule has 2 aromatic rings. The lowest BCUT2D eigenvalue weighted by molar-refractivity contribution is -0.118. The molecular weight excluding hydrogens is 446 g/mol. The predicted octanol–water partition coefficient (Wildman–Crippen LogP) is 4.28. The van der Waals surface area contributed by atoms with E-state index < -0.39 is 10.0 Å². The summed E-state index contributed by atoms with van der Waals surface area (Å²) in [5, 5.41) is 2.81. The van der Waals surface area contributed by atoms with E-state index in [9.17, 15) is 13.2 Å². The summed E-state index contributed by atoms with van der Waals surface area (Å²) in [6.07, 6.45) is 4.02. The molecule has 7 nitrogen and oxygen atoms in total. The van der Waals surface area contributed by atoms with Crippen LogP contribution >= 0.6 is 11.8 Å². The van der Waals surface area contributed by atoms with Crippen molar-refractivity contribution in [1.29, 1.82) is 0 Å². The highest BCUT2D eigenvalue weighted by Gasteiger charge is 2.20. The summed E-state index contributed by atoms with van der Waals surface area (Å²) in [5.74, 6) is 0.354. The Morgan fingerprint density at radius 3 is 2.38 bits per heavy atom. The van der Waals surface area contributed by atoms with E-state index >= 15 is 0 Å². The average molecular weight is 478 g/mol. The molecule has 3 rings (SSSR count). The number of hydrogen-bond donors (Lipinski definition) is 2. The SMILES string of the molecule is CSc1ccc(S(=O)(=O)Nc2ccc(OC3CCN(C)CC3)cc2)cc1NC(=O)C(C)C. The Morgan fingerprint density at radius 2 is 1.78 bits per heavy atom. The Balaban J connectivity index is 1.70. The van der Waals surface area contributed by atoms with Gasteiger partial charge in [-0.1, -0.05) is 13.8 Å². The molecule has 0 aliphatic carbocycles. The van der Waals surface area contributed by atoms with Crippen LogP contribution < -0.4 is 14.8 Å². The van der Waals surface area contributed by atoms with Gasteiger partial charge in [0.25, 0.3) is 10.0 Å². The number of carbonyl (C=O) groups excluding carboxylic acids is 1. The topological polar surface area (TPSA) is 87.7 Å². The minimum absolute atomic E-state index is 0.0843. The number of amides is 1. The quantitative estimate of drug-likeness (QED) is 0.552. The fourth-order valence-corrected chi connectivity index (χ4v) is 4.96. The van der Waals surface area contributed by atoms with Gasteiger partial charge >= 0.3 is 0 Å². The second-order valence-electron chi connectivity index (χ2n) is 8.26. The van der Waals surface area contributed by atoms with E-state index in [-0.39, 0.29) is 22.8 Å². The second-order valence-corrected chi connectivity index (χ2v) is 10.8. The van der Waals surface area contributed by atoms with Crippen LogP contribution in [0.15, 0.2) is 52.3 Å². The molecule has 9 heteroatoms. The van der Waals surface area contributed by atoms with Gasteiger partial charge in [-0.05, 0) is 68.6 Å². The van der Waals surface area contributed by atoms with E-state index in [4.69, 9.17) is 4.74 Å². The summed E-state index contributed by atoms with van der Waals surface area (Å²) in [6, 6.07) is 11.7. The van der Waals surface area contributed by atoms with Gasteiger partial charge in [0.1, 0.15) is 11.9 Å². The number of thioether (sulfide) groups is 1. The van der Waals surface area contributed by atoms with Gasteiger partial charge in [0.05, 0.1) is 10.6 Å². The summed E-state index contributed by atoms with van der Waals surface area (Å²) in [5.41, 5.74) is 0.934. The number of piperidine rings is 1. The number of nitrogens with zero attached hydrogens (tertiary/aromatic N) is 1. The smallest absolute Gasteiger partial charge is 0.261 e. The summed E-state index contributed by atoms with van der Waals surface area (Å²) >= 11 is 1.44. The Morgan fingerprint density at radius 1 is 1.12 bits per heavy atom. The molecule has 2 aromatic carbocycles. The molecule has 1 amide bonds. The van der Waals surface area contributed by atoms with E-state index in [1.165, 1.54) is 23.9 Å². The van der Waals surface area contributed by atoms with Crippen molar-refractivity contribution in [3.05, 3.63) is 42.5 Å². The maximum Gasteiger partial charge on any atom is 0.261 e. The van der Waals surface area contributed by atoms with E-state index in [1.807, 2.05) is 6.26 Å². The Labute approximate surface area is 195 Å². The maximum absolute atomic E-state index is 12.9. The molecular formula is C23H31N3O4S2. The number of nitrogens with one attached hydrogen (secondary N) is 2. The zero-order valence-electron chi connectivity index (χ0n) is 18.9. The number of benzene rings is 2. The van der Waals surface area contributed by atoms with Crippen molar-refractivity contribution in [1.82, 2.24) is 4.90 Å². The molecule has 2 N–H and O–H groups in total. The number of anilines is 2. The number of sulfonamides is 1. The molecule has 0 radical (unpaired) electrons. The Kier molecular flexibility index (Phi) is 8.08. The maximum atomic E-state index is 12.9. The zero-order valence-corrected chi connectivity index (χ0v) is 20.6. The minimum Gasteiger partial charge on any atom is -0.490 e. The van der Waals surface area contributed by atoms with Gasteiger partial charge < -0.3 is 15.0 Å². The first-order chi connectivity index (χ1) is 15.2. The van der Waals surface area contributed by atoms with Crippen LogP contribution in [0.5, 0.6) is 5.75 Å². The predicted molar refractivity (Wildman–Crippen MR) is 130 cm³/mol. The number of carbonyl (C=O) groups is 1. The lowest BCUT2D eigenvalue weighted by Crippen LogP contribution is -2.35. The molecule has 1 aliphatic heterocycles. The van der Waals surface area contributed by atoms with Gasteiger partial charge in [-0.25, -0.2) is 8.42 Å². The molecule has 32 heavy (non-hydrogen) atoms. The van der Waals surface area contributed by atoms with Crippen molar-refractivity contribution in [3.63, 3.8) is 0 Å². The lowest BCUT2D eigenvalue weighted by atomic mass is 10.1. The first kappa shape index (κ1) is 24.4. The summed E-state index contributed by atoms with van der Waals surface area (Å²) in [7, 11) is -1.72. The third kappa shape index (κ3) is 6.40. The minimum atomic E-state index is -3.82. The van der Waals surface area contributed by atoms with Crippen molar-refractivity contribution in [2.45, 2.75) is 42.6 Å². The van der Waals surface area contributed by atoms with Crippen LogP contribution in [0.4, 0.5) is 11.4 Å². The Hall–Kier alpha value is -2.23. The van der Waals surface area contributed by atoms with Gasteiger partial charge in [-0.2, -0.15) is 0 Å². The summed E-state index contributed by atoms with van der Waals surface area (Å²) in [6.45, 7) is 5.60. The highest BCUT2D eigenvalue weighted by atomic mass is 32.2. The number of likely N-dealkylation sites (tertiary alicyclic amines) is 1. The monoisotopic (exact) mass is 477 g/mol. The Bertz CT molecular complexity index is 1030. The first-order valence-electron chi connectivity index (χ1n) is 10.6. The highest BCUT2D eigenvalue weighted by Crippen LogP contribution is 2.30. The van der Waals surface area contributed by atoms with Gasteiger partial charge in [0.2, 0.25) is 5.91 Å². The number of hydrogen-bond acceptors (Lipinski definition) is 6. The van der Waals surface area contributed by atoms with Crippen molar-refractivity contribution < 1.29 is 17.9 Å². The molecule has 174 valence electrons. The molecule has 1 saturated heterocycles. The molecule has 1 aliphatic rings. The van der Waals surface area contributed by atoms with Gasteiger partial charge in [0, 0.05) is 29.6 Å². The van der Waals surface area contributed by atoms with Crippen molar-refractivity contribution in [3.8, 4) is 5.75 Å². The second kappa shape index (κ2) is 10.6. The molecule has 0 unspecified atom stereocenters. The standard InChI is InChI=1S/C23H31N3O4S2/c1-16(2)23(27)24-21-15-20(9-10-22(21)31-4)32(28,29)25-17-5-7-18(8-6-17)30-19-11-13-26(3)14-12-19/h5-10,15-16,19,25H,11-14H2,1-4H3,(H,24,27). The summed E-state index contributed by atoms with van der Waals surface area (Å²) < 4.78 is 34.5. The molecule has 0 spiro atoms. The van der Waals surface area contributed by atoms with Crippen molar-refractivity contribution in [2.75, 3.05) is 36.4 Å². The van der Waals surface area contributed by atoms with E-state index in [0.29, 0.717) is 11.4 Å². The molecule has 0 saturated carbocycles. The van der Waals surface area contributed by atoms with Crippen LogP contribution in [0.3, 0.4) is 0 Å². The van der Waals surface area contributed by atoms with Crippen LogP contribution in [-0.2, 0) is 14.8 Å². The zero-order chi connectivity index (χ0) is 23.3. The van der Waals surface area contributed by atoms with Gasteiger partial charge in [-0.15, -0.1) is 11.8 Å². The third-order valence-corrected chi connectivity index (χ3v) is 7.51. The molecule has 0 atom stereocenters. The molecule has 1 heterocycles. The van der Waals surface area contributed by atoms with Crippen LogP contribution in [-0.4, -0.2) is 51.7 Å². The molecule has 0 aromatic heterocycles. The highest BCUT2D eigenvalue weighted by molar-refractivity contribution is 7.98. The van der Waals surface area contributed by atoms with E-state index in [1.54, 1.807) is 44.2 Å². The van der Waals surface area contributed by atoms with Crippen LogP contribution in [0, 0.1) is 5.92 Å². The number of ether oxygens (including phenoxy) is 1. The fraction of sp³-hybridized carbons (Fsp3) is 0.435. The van der Waals surface area contributed by atoms with Crippen LogP contribution in [0.1, 0.15) is 26.7 Å². The third-order valence-electron chi connectivity index (χ3n) is 5.34. The van der Waals surface area contributed by atoms with E-state index in [2.05, 4.69) is 22.0 Å². The van der Waals surface area contributed by atoms with E-state index in [0.717, 1.165) is 36.6 Å². The molecule has 1 fully saturated rings. The van der Waals surface area contributed by atoms with Crippen LogP contribution in [0.25, 0.3) is 0 Å². The lowest BCUT2D eigenvalue weighted by Gasteiger charge is -2.29. The van der Waals surface area contributed by atoms with Crippen LogP contribution in [0.2, 0.25) is 0 Å². The largest absolute Gasteiger partial charge is 0.490 e.